The fourth-order valence-corrected chi connectivity index (χ4v) is 3.49. The van der Waals surface area contributed by atoms with E-state index in [9.17, 15) is 9.59 Å². The first-order chi connectivity index (χ1) is 15.0. The highest BCUT2D eigenvalue weighted by Gasteiger charge is 2.41. The number of nitrogens with one attached hydrogen (secondary N) is 1. The Hall–Kier alpha value is -4.06. The summed E-state index contributed by atoms with van der Waals surface area (Å²) in [7, 11) is 3.08. The van der Waals surface area contributed by atoms with Crippen molar-refractivity contribution in [3.63, 3.8) is 0 Å². The van der Waals surface area contributed by atoms with Crippen molar-refractivity contribution in [1.29, 1.82) is 0 Å². The van der Waals surface area contributed by atoms with Crippen LogP contribution in [0.15, 0.2) is 78.5 Å². The van der Waals surface area contributed by atoms with Gasteiger partial charge in [-0.15, -0.1) is 0 Å². The summed E-state index contributed by atoms with van der Waals surface area (Å²) in [5.74, 6) is 0.237. The van der Waals surface area contributed by atoms with Gasteiger partial charge in [0.15, 0.2) is 0 Å². The molecule has 1 aliphatic rings. The predicted octanol–water partition coefficient (Wildman–Crippen LogP) is 4.41. The van der Waals surface area contributed by atoms with E-state index in [1.807, 2.05) is 31.2 Å². The van der Waals surface area contributed by atoms with E-state index in [1.165, 1.54) is 7.11 Å². The van der Waals surface area contributed by atoms with Crippen molar-refractivity contribution in [1.82, 2.24) is 0 Å². The fourth-order valence-electron chi connectivity index (χ4n) is 3.49. The van der Waals surface area contributed by atoms with Gasteiger partial charge in [-0.25, -0.2) is 4.90 Å². The first-order valence-electron chi connectivity index (χ1n) is 9.77. The third kappa shape index (κ3) is 3.75. The van der Waals surface area contributed by atoms with Crippen LogP contribution in [0.25, 0.3) is 5.57 Å². The van der Waals surface area contributed by atoms with E-state index in [0.717, 1.165) is 16.2 Å². The van der Waals surface area contributed by atoms with Crippen LogP contribution in [0.4, 0.5) is 11.4 Å². The first kappa shape index (κ1) is 20.2. The third-order valence-corrected chi connectivity index (χ3v) is 5.11. The number of carbonyl (C=O) groups is 2. The summed E-state index contributed by atoms with van der Waals surface area (Å²) in [4.78, 5) is 28.1. The number of methoxy groups -OCH3 is 2. The molecule has 6 heteroatoms. The molecule has 0 fully saturated rings. The Bertz CT molecular complexity index is 1160. The minimum Gasteiger partial charge on any atom is -0.497 e. The molecule has 156 valence electrons. The molecule has 0 radical (unpaired) electrons. The maximum atomic E-state index is 13.5. The highest BCUT2D eigenvalue weighted by molar-refractivity contribution is 6.46. The highest BCUT2D eigenvalue weighted by Crippen LogP contribution is 2.38. The number of imide groups is 1. The molecule has 1 heterocycles. The van der Waals surface area contributed by atoms with Crippen molar-refractivity contribution in [2.45, 2.75) is 6.92 Å². The number of hydrogen-bond donors (Lipinski definition) is 1. The molecule has 31 heavy (non-hydrogen) atoms. The Morgan fingerprint density at radius 3 is 2.10 bits per heavy atom. The molecule has 2 amide bonds. The van der Waals surface area contributed by atoms with Crippen LogP contribution in [0.5, 0.6) is 11.5 Å². The Kier molecular flexibility index (Phi) is 5.45. The van der Waals surface area contributed by atoms with Gasteiger partial charge in [0.25, 0.3) is 11.8 Å². The molecule has 4 rings (SSSR count). The second-order valence-corrected chi connectivity index (χ2v) is 7.09. The topological polar surface area (TPSA) is 67.9 Å². The molecule has 0 saturated carbocycles. The largest absolute Gasteiger partial charge is 0.497 e. The van der Waals surface area contributed by atoms with Gasteiger partial charge in [-0.05, 0) is 48.9 Å². The van der Waals surface area contributed by atoms with Crippen LogP contribution < -0.4 is 19.7 Å². The molecule has 6 nitrogen and oxygen atoms in total. The van der Waals surface area contributed by atoms with Crippen molar-refractivity contribution in [3.05, 3.63) is 89.6 Å². The van der Waals surface area contributed by atoms with E-state index < -0.39 is 11.8 Å². The van der Waals surface area contributed by atoms with Gasteiger partial charge in [0.1, 0.15) is 17.2 Å². The molecule has 1 aliphatic heterocycles. The van der Waals surface area contributed by atoms with E-state index in [2.05, 4.69) is 5.32 Å². The summed E-state index contributed by atoms with van der Waals surface area (Å²) in [6.07, 6.45) is 0. The van der Waals surface area contributed by atoms with Gasteiger partial charge >= 0.3 is 0 Å². The summed E-state index contributed by atoms with van der Waals surface area (Å²) >= 11 is 0. The number of ether oxygens (including phenoxy) is 2. The van der Waals surface area contributed by atoms with Crippen molar-refractivity contribution >= 4 is 28.8 Å². The van der Waals surface area contributed by atoms with Gasteiger partial charge in [-0.3, -0.25) is 9.59 Å². The van der Waals surface area contributed by atoms with Gasteiger partial charge < -0.3 is 14.8 Å². The lowest BCUT2D eigenvalue weighted by Crippen LogP contribution is -2.32. The number of hydrogen-bond acceptors (Lipinski definition) is 5. The van der Waals surface area contributed by atoms with Gasteiger partial charge in [0.2, 0.25) is 0 Å². The molecule has 0 atom stereocenters. The summed E-state index contributed by atoms with van der Waals surface area (Å²) in [5.41, 5.74) is 3.33. The van der Waals surface area contributed by atoms with Gasteiger partial charge in [0, 0.05) is 5.69 Å². The van der Waals surface area contributed by atoms with Crippen LogP contribution in [-0.4, -0.2) is 26.0 Å². The van der Waals surface area contributed by atoms with Crippen LogP contribution >= 0.6 is 0 Å². The second-order valence-electron chi connectivity index (χ2n) is 7.09. The number of aryl methyl sites for hydroxylation is 1. The average Bonchev–Trinajstić information content (AvgIpc) is 3.04. The SMILES string of the molecule is COc1ccc(C2=C(Nc3ccc(C)cc3)C(=O)N(c3ccccc3OC)C2=O)cc1. The van der Waals surface area contributed by atoms with Crippen LogP contribution in [0.3, 0.4) is 0 Å². The van der Waals surface area contributed by atoms with Gasteiger partial charge in [-0.1, -0.05) is 42.0 Å². The van der Waals surface area contributed by atoms with Crippen molar-refractivity contribution in [3.8, 4) is 11.5 Å². The molecule has 3 aromatic carbocycles. The molecule has 0 saturated heterocycles. The molecular formula is C25H22N2O4. The monoisotopic (exact) mass is 414 g/mol. The number of nitrogens with zero attached hydrogens (tertiary/aromatic N) is 1. The lowest BCUT2D eigenvalue weighted by atomic mass is 10.0. The molecule has 0 unspecified atom stereocenters. The molecule has 0 spiro atoms. The second kappa shape index (κ2) is 8.36. The molecule has 0 aliphatic carbocycles. The maximum Gasteiger partial charge on any atom is 0.282 e. The number of rotatable bonds is 6. The minimum absolute atomic E-state index is 0.213. The molecule has 3 aromatic rings. The number of amides is 2. The maximum absolute atomic E-state index is 13.5. The van der Waals surface area contributed by atoms with Crippen LogP contribution in [0, 0.1) is 6.92 Å². The number of para-hydroxylation sites is 2. The quantitative estimate of drug-likeness (QED) is 0.605. The number of anilines is 2. The molecular weight excluding hydrogens is 392 g/mol. The Morgan fingerprint density at radius 1 is 0.774 bits per heavy atom. The minimum atomic E-state index is -0.444. The highest BCUT2D eigenvalue weighted by atomic mass is 16.5. The standard InChI is InChI=1S/C25H22N2O4/c1-16-8-12-18(13-9-16)26-23-22(17-10-14-19(30-2)15-11-17)24(28)27(25(23)29)20-6-4-5-7-21(20)31-3/h4-15,26H,1-3H3. The van der Waals surface area contributed by atoms with Crippen LogP contribution in [-0.2, 0) is 9.59 Å². The van der Waals surface area contributed by atoms with E-state index in [4.69, 9.17) is 9.47 Å². The van der Waals surface area contributed by atoms with Crippen LogP contribution in [0.2, 0.25) is 0 Å². The number of benzene rings is 3. The van der Waals surface area contributed by atoms with E-state index in [-0.39, 0.29) is 5.70 Å². The summed E-state index contributed by atoms with van der Waals surface area (Å²) in [6, 6.07) is 21.6. The summed E-state index contributed by atoms with van der Waals surface area (Å²) < 4.78 is 10.6. The third-order valence-electron chi connectivity index (χ3n) is 5.11. The Labute approximate surface area is 180 Å². The van der Waals surface area contributed by atoms with E-state index in [1.54, 1.807) is 55.6 Å². The van der Waals surface area contributed by atoms with Crippen molar-refractivity contribution < 1.29 is 19.1 Å². The van der Waals surface area contributed by atoms with Gasteiger partial charge in [-0.2, -0.15) is 0 Å². The lowest BCUT2D eigenvalue weighted by Gasteiger charge is -2.18. The van der Waals surface area contributed by atoms with Crippen molar-refractivity contribution in [2.75, 3.05) is 24.4 Å². The lowest BCUT2D eigenvalue weighted by molar-refractivity contribution is -0.120. The summed E-state index contributed by atoms with van der Waals surface area (Å²) in [5, 5.41) is 3.16. The van der Waals surface area contributed by atoms with Crippen molar-refractivity contribution in [2.24, 2.45) is 0 Å². The normalized spacial score (nSPS) is 13.6. The Balaban J connectivity index is 1.83. The fraction of sp³-hybridized carbons (Fsp3) is 0.120. The smallest absolute Gasteiger partial charge is 0.282 e. The average molecular weight is 414 g/mol. The van der Waals surface area contributed by atoms with Gasteiger partial charge in [0.05, 0.1) is 25.5 Å². The zero-order valence-electron chi connectivity index (χ0n) is 17.5. The molecule has 1 N–H and O–H groups in total. The van der Waals surface area contributed by atoms with E-state index in [0.29, 0.717) is 28.3 Å². The number of carbonyl (C=O) groups excluding carboxylic acids is 2. The van der Waals surface area contributed by atoms with E-state index >= 15 is 0 Å². The van der Waals surface area contributed by atoms with Crippen LogP contribution in [0.1, 0.15) is 11.1 Å². The zero-order valence-corrected chi connectivity index (χ0v) is 17.5. The molecule has 0 aromatic heterocycles. The zero-order chi connectivity index (χ0) is 22.0. The Morgan fingerprint density at radius 2 is 1.45 bits per heavy atom. The first-order valence-corrected chi connectivity index (χ1v) is 9.77. The summed E-state index contributed by atoms with van der Waals surface area (Å²) in [6.45, 7) is 1.99. The molecule has 0 bridgehead atoms. The predicted molar refractivity (Wildman–Crippen MR) is 120 cm³/mol.